The van der Waals surface area contributed by atoms with Crippen molar-refractivity contribution >= 4 is 17.5 Å². The van der Waals surface area contributed by atoms with Crippen LogP contribution in [0.2, 0.25) is 5.02 Å². The van der Waals surface area contributed by atoms with Crippen molar-refractivity contribution in [3.05, 3.63) is 17.4 Å². The summed E-state index contributed by atoms with van der Waals surface area (Å²) in [6.45, 7) is 8.75. The Morgan fingerprint density at radius 1 is 1.25 bits per heavy atom. The SMILES string of the molecule is CCN1CCC2(CCC1=O)CN(CCn1cc(Cl)cn1)CCN2C. The zero-order valence-electron chi connectivity index (χ0n) is 14.7. The maximum Gasteiger partial charge on any atom is 0.222 e. The van der Waals surface area contributed by atoms with Gasteiger partial charge in [-0.25, -0.2) is 0 Å². The number of rotatable bonds is 4. The second-order valence-corrected chi connectivity index (χ2v) is 7.50. The van der Waals surface area contributed by atoms with E-state index in [1.807, 2.05) is 15.8 Å². The van der Waals surface area contributed by atoms with E-state index < -0.39 is 0 Å². The number of hydrogen-bond donors (Lipinski definition) is 0. The lowest BCUT2D eigenvalue weighted by Crippen LogP contribution is -2.61. The van der Waals surface area contributed by atoms with Crippen LogP contribution < -0.4 is 0 Å². The Labute approximate surface area is 149 Å². The molecule has 1 aromatic heterocycles. The largest absolute Gasteiger partial charge is 0.343 e. The van der Waals surface area contributed by atoms with Crippen LogP contribution in [0.5, 0.6) is 0 Å². The minimum absolute atomic E-state index is 0.125. The smallest absolute Gasteiger partial charge is 0.222 e. The number of halogens is 1. The number of piperazine rings is 1. The van der Waals surface area contributed by atoms with Gasteiger partial charge in [-0.2, -0.15) is 5.10 Å². The van der Waals surface area contributed by atoms with Crippen LogP contribution in [0.4, 0.5) is 0 Å². The molecule has 1 amide bonds. The highest BCUT2D eigenvalue weighted by atomic mass is 35.5. The van der Waals surface area contributed by atoms with E-state index in [2.05, 4.69) is 28.9 Å². The van der Waals surface area contributed by atoms with Gasteiger partial charge in [0.2, 0.25) is 5.91 Å². The fourth-order valence-corrected chi connectivity index (χ4v) is 4.16. The fourth-order valence-electron chi connectivity index (χ4n) is 4.00. The Bertz CT molecular complexity index is 577. The normalized spacial score (nSPS) is 27.0. The van der Waals surface area contributed by atoms with Gasteiger partial charge in [-0.3, -0.25) is 19.3 Å². The Morgan fingerprint density at radius 2 is 2.08 bits per heavy atom. The summed E-state index contributed by atoms with van der Waals surface area (Å²) in [7, 11) is 2.22. The molecule has 6 nitrogen and oxygen atoms in total. The summed E-state index contributed by atoms with van der Waals surface area (Å²) in [5.41, 5.74) is 0.125. The van der Waals surface area contributed by atoms with Crippen molar-refractivity contribution in [3.63, 3.8) is 0 Å². The molecule has 2 fully saturated rings. The molecule has 0 bridgehead atoms. The summed E-state index contributed by atoms with van der Waals surface area (Å²) < 4.78 is 1.91. The Morgan fingerprint density at radius 3 is 2.79 bits per heavy atom. The average Bonchev–Trinajstić information content (AvgIpc) is 2.92. The van der Waals surface area contributed by atoms with Gasteiger partial charge in [-0.15, -0.1) is 0 Å². The van der Waals surface area contributed by atoms with Crippen LogP contribution in [0.25, 0.3) is 0 Å². The highest BCUT2D eigenvalue weighted by Crippen LogP contribution is 2.32. The Balaban J connectivity index is 1.63. The fraction of sp³-hybridized carbons (Fsp3) is 0.765. The van der Waals surface area contributed by atoms with Crippen LogP contribution in [0, 0.1) is 0 Å². The second-order valence-electron chi connectivity index (χ2n) is 7.07. The van der Waals surface area contributed by atoms with E-state index in [1.165, 1.54) is 0 Å². The molecule has 0 N–H and O–H groups in total. The van der Waals surface area contributed by atoms with Gasteiger partial charge in [0, 0.05) is 57.4 Å². The van der Waals surface area contributed by atoms with Crippen LogP contribution in [-0.4, -0.2) is 82.2 Å². The van der Waals surface area contributed by atoms with E-state index in [9.17, 15) is 4.79 Å². The minimum atomic E-state index is 0.125. The third-order valence-electron chi connectivity index (χ3n) is 5.71. The van der Waals surface area contributed by atoms with Crippen LogP contribution >= 0.6 is 11.6 Å². The average molecular weight is 354 g/mol. The summed E-state index contributed by atoms with van der Waals surface area (Å²) in [5, 5.41) is 4.95. The van der Waals surface area contributed by atoms with E-state index in [1.54, 1.807) is 6.20 Å². The van der Waals surface area contributed by atoms with E-state index in [-0.39, 0.29) is 5.54 Å². The summed E-state index contributed by atoms with van der Waals surface area (Å²) in [6.07, 6.45) is 6.25. The van der Waals surface area contributed by atoms with E-state index >= 15 is 0 Å². The van der Waals surface area contributed by atoms with Gasteiger partial charge in [0.15, 0.2) is 0 Å². The number of aromatic nitrogens is 2. The van der Waals surface area contributed by atoms with Gasteiger partial charge >= 0.3 is 0 Å². The topological polar surface area (TPSA) is 44.6 Å². The third-order valence-corrected chi connectivity index (χ3v) is 5.91. The summed E-state index contributed by atoms with van der Waals surface area (Å²) >= 11 is 5.94. The summed E-state index contributed by atoms with van der Waals surface area (Å²) in [6, 6.07) is 0. The first-order valence-electron chi connectivity index (χ1n) is 8.92. The van der Waals surface area contributed by atoms with E-state index in [0.29, 0.717) is 17.4 Å². The zero-order chi connectivity index (χ0) is 17.2. The van der Waals surface area contributed by atoms with Crippen molar-refractivity contribution in [2.75, 3.05) is 46.3 Å². The number of nitrogens with zero attached hydrogens (tertiary/aromatic N) is 5. The molecule has 3 rings (SSSR count). The lowest BCUT2D eigenvalue weighted by Gasteiger charge is -2.49. The minimum Gasteiger partial charge on any atom is -0.343 e. The van der Waals surface area contributed by atoms with E-state index in [4.69, 9.17) is 11.6 Å². The van der Waals surface area contributed by atoms with E-state index in [0.717, 1.165) is 58.7 Å². The lowest BCUT2D eigenvalue weighted by atomic mass is 9.86. The van der Waals surface area contributed by atoms with Crippen molar-refractivity contribution in [1.29, 1.82) is 0 Å². The van der Waals surface area contributed by atoms with Crippen molar-refractivity contribution in [2.24, 2.45) is 0 Å². The number of likely N-dealkylation sites (tertiary alicyclic amines) is 1. The maximum atomic E-state index is 12.2. The molecular weight excluding hydrogens is 326 g/mol. The third kappa shape index (κ3) is 3.76. The van der Waals surface area contributed by atoms with Crippen LogP contribution in [0.3, 0.4) is 0 Å². The van der Waals surface area contributed by atoms with Crippen molar-refractivity contribution in [1.82, 2.24) is 24.5 Å². The van der Waals surface area contributed by atoms with Gasteiger partial charge in [-0.05, 0) is 26.8 Å². The first-order valence-corrected chi connectivity index (χ1v) is 9.29. The lowest BCUT2D eigenvalue weighted by molar-refractivity contribution is -0.130. The molecule has 1 spiro atoms. The molecule has 0 aliphatic carbocycles. The number of hydrogen-bond acceptors (Lipinski definition) is 4. The molecule has 134 valence electrons. The number of amides is 1. The molecule has 0 aromatic carbocycles. The zero-order valence-corrected chi connectivity index (χ0v) is 15.5. The molecule has 24 heavy (non-hydrogen) atoms. The van der Waals surface area contributed by atoms with Crippen LogP contribution in [0.1, 0.15) is 26.2 Å². The van der Waals surface area contributed by atoms with Gasteiger partial charge in [0.05, 0.1) is 17.8 Å². The van der Waals surface area contributed by atoms with Crippen molar-refractivity contribution in [3.8, 4) is 0 Å². The van der Waals surface area contributed by atoms with Crippen molar-refractivity contribution in [2.45, 2.75) is 38.3 Å². The predicted molar refractivity (Wildman–Crippen MR) is 95.1 cm³/mol. The van der Waals surface area contributed by atoms with Crippen molar-refractivity contribution < 1.29 is 4.79 Å². The molecule has 0 saturated carbocycles. The number of carbonyl (C=O) groups is 1. The molecule has 1 atom stereocenters. The highest BCUT2D eigenvalue weighted by Gasteiger charge is 2.41. The van der Waals surface area contributed by atoms with Crippen LogP contribution in [0.15, 0.2) is 12.4 Å². The number of carbonyl (C=O) groups excluding carboxylic acids is 1. The summed E-state index contributed by atoms with van der Waals surface area (Å²) in [5.74, 6) is 0.311. The van der Waals surface area contributed by atoms with Gasteiger partial charge in [0.25, 0.3) is 0 Å². The van der Waals surface area contributed by atoms with Gasteiger partial charge < -0.3 is 4.90 Å². The maximum absolute atomic E-state index is 12.2. The molecule has 2 aliphatic heterocycles. The quantitative estimate of drug-likeness (QED) is 0.824. The molecule has 1 unspecified atom stereocenters. The Hall–Kier alpha value is -1.11. The van der Waals surface area contributed by atoms with Crippen LogP contribution in [-0.2, 0) is 11.3 Å². The highest BCUT2D eigenvalue weighted by molar-refractivity contribution is 6.30. The molecule has 2 saturated heterocycles. The molecule has 0 radical (unpaired) electrons. The summed E-state index contributed by atoms with van der Waals surface area (Å²) in [4.78, 5) is 19.3. The van der Waals surface area contributed by atoms with Gasteiger partial charge in [0.1, 0.15) is 0 Å². The monoisotopic (exact) mass is 353 g/mol. The first kappa shape index (κ1) is 17.7. The second kappa shape index (κ2) is 7.42. The number of likely N-dealkylation sites (N-methyl/N-ethyl adjacent to an activating group) is 1. The molecule has 2 aliphatic rings. The molecule has 7 heteroatoms. The predicted octanol–water partition coefficient (Wildman–Crippen LogP) is 1.56. The molecule has 3 heterocycles. The molecular formula is C17H28ClN5O. The first-order chi connectivity index (χ1) is 11.5. The van der Waals surface area contributed by atoms with Gasteiger partial charge in [-0.1, -0.05) is 11.6 Å². The Kier molecular flexibility index (Phi) is 5.47. The standard InChI is InChI=1S/C17H28ClN5O/c1-3-22-7-6-17(5-4-16(22)24)14-21(9-8-20(17)2)10-11-23-13-15(18)12-19-23/h12-13H,3-11,14H2,1-2H3. The molecule has 1 aromatic rings.